The van der Waals surface area contributed by atoms with E-state index in [1.807, 2.05) is 0 Å². The lowest BCUT2D eigenvalue weighted by Crippen LogP contribution is -2.19. The van der Waals surface area contributed by atoms with Crippen molar-refractivity contribution >= 4 is 0 Å². The van der Waals surface area contributed by atoms with Crippen molar-refractivity contribution in [2.75, 3.05) is 0 Å². The summed E-state index contributed by atoms with van der Waals surface area (Å²) in [6.45, 7) is 4.60. The van der Waals surface area contributed by atoms with Gasteiger partial charge >= 0.3 is 0 Å². The predicted octanol–water partition coefficient (Wildman–Crippen LogP) is 11.3. The second kappa shape index (κ2) is 29.0. The first-order chi connectivity index (χ1) is 15.8. The third-order valence-corrected chi connectivity index (χ3v) is 7.36. The van der Waals surface area contributed by atoms with Gasteiger partial charge in [0.2, 0.25) is 0 Å². The van der Waals surface area contributed by atoms with Gasteiger partial charge < -0.3 is 5.73 Å². The minimum atomic E-state index is 0.468. The van der Waals surface area contributed by atoms with E-state index in [1.165, 1.54) is 180 Å². The maximum atomic E-state index is 6.35. The standard InChI is InChI=1S/C31H65N/c1-3-5-7-9-11-13-15-17-19-21-23-25-27-29-31(32)30-28-26-24-22-20-18-16-14-12-10-8-6-4-2/h31H,3-30,32H2,1-2H3. The lowest BCUT2D eigenvalue weighted by molar-refractivity contribution is 0.477. The molecule has 2 N–H and O–H groups in total. The van der Waals surface area contributed by atoms with Crippen molar-refractivity contribution in [3.8, 4) is 0 Å². The van der Waals surface area contributed by atoms with Crippen molar-refractivity contribution < 1.29 is 0 Å². The Morgan fingerprint density at radius 1 is 0.312 bits per heavy atom. The van der Waals surface area contributed by atoms with E-state index in [-0.39, 0.29) is 0 Å². The maximum absolute atomic E-state index is 6.35. The molecule has 0 amide bonds. The molecule has 0 aliphatic carbocycles. The fourth-order valence-electron chi connectivity index (χ4n) is 4.99. The van der Waals surface area contributed by atoms with E-state index in [9.17, 15) is 0 Å². The Morgan fingerprint density at radius 2 is 0.500 bits per heavy atom. The number of rotatable bonds is 28. The Kier molecular flexibility index (Phi) is 29.0. The van der Waals surface area contributed by atoms with E-state index in [1.54, 1.807) is 0 Å². The monoisotopic (exact) mass is 452 g/mol. The Hall–Kier alpha value is -0.0400. The largest absolute Gasteiger partial charge is 0.328 e. The zero-order valence-corrected chi connectivity index (χ0v) is 23.0. The average Bonchev–Trinajstić information content (AvgIpc) is 2.80. The molecule has 0 saturated carbocycles. The third-order valence-electron chi connectivity index (χ3n) is 7.36. The molecule has 0 rings (SSSR count). The first-order valence-corrected chi connectivity index (χ1v) is 15.6. The van der Waals surface area contributed by atoms with E-state index >= 15 is 0 Å². The van der Waals surface area contributed by atoms with Crippen molar-refractivity contribution in [3.05, 3.63) is 0 Å². The van der Waals surface area contributed by atoms with Crippen molar-refractivity contribution in [1.29, 1.82) is 0 Å². The Labute approximate surface area is 205 Å². The summed E-state index contributed by atoms with van der Waals surface area (Å²) in [4.78, 5) is 0. The van der Waals surface area contributed by atoms with Crippen LogP contribution in [0.15, 0.2) is 0 Å². The molecule has 1 heteroatoms. The van der Waals surface area contributed by atoms with E-state index in [4.69, 9.17) is 5.73 Å². The second-order valence-corrected chi connectivity index (χ2v) is 10.8. The third kappa shape index (κ3) is 28.0. The molecule has 0 aliphatic rings. The summed E-state index contributed by atoms with van der Waals surface area (Å²) in [5.74, 6) is 0. The molecule has 32 heavy (non-hydrogen) atoms. The fraction of sp³-hybridized carbons (Fsp3) is 1.00. The van der Waals surface area contributed by atoms with E-state index in [0.717, 1.165) is 0 Å². The average molecular weight is 452 g/mol. The van der Waals surface area contributed by atoms with Gasteiger partial charge in [-0.1, -0.05) is 181 Å². The number of nitrogens with two attached hydrogens (primary N) is 1. The van der Waals surface area contributed by atoms with Gasteiger partial charge in [-0.3, -0.25) is 0 Å². The molecule has 0 aliphatic heterocycles. The number of unbranched alkanes of at least 4 members (excludes halogenated alkanes) is 24. The summed E-state index contributed by atoms with van der Waals surface area (Å²) in [6, 6.07) is 0.468. The molecular formula is C31H65N. The summed E-state index contributed by atoms with van der Waals surface area (Å²) in [5, 5.41) is 0. The van der Waals surface area contributed by atoms with Gasteiger partial charge in [-0.15, -0.1) is 0 Å². The molecule has 0 unspecified atom stereocenters. The second-order valence-electron chi connectivity index (χ2n) is 10.8. The molecular weight excluding hydrogens is 386 g/mol. The Bertz CT molecular complexity index is 284. The lowest BCUT2D eigenvalue weighted by atomic mass is 10.00. The number of hydrogen-bond acceptors (Lipinski definition) is 1. The van der Waals surface area contributed by atoms with Crippen molar-refractivity contribution in [2.45, 2.75) is 200 Å². The zero-order chi connectivity index (χ0) is 23.4. The van der Waals surface area contributed by atoms with Crippen LogP contribution in [0.5, 0.6) is 0 Å². The normalized spacial score (nSPS) is 11.6. The fourth-order valence-corrected chi connectivity index (χ4v) is 4.99. The van der Waals surface area contributed by atoms with Crippen LogP contribution in [0.1, 0.15) is 194 Å². The van der Waals surface area contributed by atoms with Crippen molar-refractivity contribution in [3.63, 3.8) is 0 Å². The molecule has 194 valence electrons. The Balaban J connectivity index is 3.13. The number of hydrogen-bond donors (Lipinski definition) is 1. The molecule has 0 heterocycles. The van der Waals surface area contributed by atoms with Crippen LogP contribution in [-0.4, -0.2) is 6.04 Å². The van der Waals surface area contributed by atoms with Gasteiger partial charge in [0.15, 0.2) is 0 Å². The Morgan fingerprint density at radius 3 is 0.719 bits per heavy atom. The van der Waals surface area contributed by atoms with Gasteiger partial charge in [0.1, 0.15) is 0 Å². The summed E-state index contributed by atoms with van der Waals surface area (Å²) >= 11 is 0. The molecule has 0 aromatic carbocycles. The van der Waals surface area contributed by atoms with Gasteiger partial charge in [0, 0.05) is 6.04 Å². The molecule has 0 aromatic rings. The molecule has 0 saturated heterocycles. The highest BCUT2D eigenvalue weighted by Crippen LogP contribution is 2.16. The SMILES string of the molecule is CCCCCCCCCCCCCCCC(N)CCCCCCCCCCCCCCC. The van der Waals surface area contributed by atoms with Crippen LogP contribution in [0, 0.1) is 0 Å². The van der Waals surface area contributed by atoms with Crippen LogP contribution >= 0.6 is 0 Å². The highest BCUT2D eigenvalue weighted by atomic mass is 14.6. The molecule has 0 bridgehead atoms. The lowest BCUT2D eigenvalue weighted by Gasteiger charge is -2.11. The molecule has 0 atom stereocenters. The summed E-state index contributed by atoms with van der Waals surface area (Å²) < 4.78 is 0. The van der Waals surface area contributed by atoms with Crippen LogP contribution in [0.3, 0.4) is 0 Å². The molecule has 0 spiro atoms. The highest BCUT2D eigenvalue weighted by Gasteiger charge is 2.02. The molecule has 0 fully saturated rings. The minimum Gasteiger partial charge on any atom is -0.328 e. The predicted molar refractivity (Wildman–Crippen MR) is 149 cm³/mol. The summed E-state index contributed by atoms with van der Waals surface area (Å²) in [5.41, 5.74) is 6.35. The van der Waals surface area contributed by atoms with Crippen LogP contribution in [0.25, 0.3) is 0 Å². The first-order valence-electron chi connectivity index (χ1n) is 15.6. The zero-order valence-electron chi connectivity index (χ0n) is 23.0. The minimum absolute atomic E-state index is 0.468. The molecule has 1 nitrogen and oxygen atoms in total. The quantitative estimate of drug-likeness (QED) is 0.118. The van der Waals surface area contributed by atoms with Gasteiger partial charge in [0.25, 0.3) is 0 Å². The summed E-state index contributed by atoms with van der Waals surface area (Å²) in [7, 11) is 0. The van der Waals surface area contributed by atoms with Crippen LogP contribution in [-0.2, 0) is 0 Å². The van der Waals surface area contributed by atoms with Crippen LogP contribution in [0.4, 0.5) is 0 Å². The van der Waals surface area contributed by atoms with Gasteiger partial charge in [-0.05, 0) is 12.8 Å². The summed E-state index contributed by atoms with van der Waals surface area (Å²) in [6.07, 6.45) is 39.9. The topological polar surface area (TPSA) is 26.0 Å². The van der Waals surface area contributed by atoms with E-state index in [0.29, 0.717) is 6.04 Å². The van der Waals surface area contributed by atoms with Crippen molar-refractivity contribution in [1.82, 2.24) is 0 Å². The van der Waals surface area contributed by atoms with Gasteiger partial charge in [-0.25, -0.2) is 0 Å². The van der Waals surface area contributed by atoms with E-state index in [2.05, 4.69) is 13.8 Å². The first kappa shape index (κ1) is 32.0. The highest BCUT2D eigenvalue weighted by molar-refractivity contribution is 4.62. The maximum Gasteiger partial charge on any atom is 0.00388 e. The van der Waals surface area contributed by atoms with Crippen molar-refractivity contribution in [2.24, 2.45) is 5.73 Å². The van der Waals surface area contributed by atoms with Gasteiger partial charge in [0.05, 0.1) is 0 Å². The molecule has 0 radical (unpaired) electrons. The van der Waals surface area contributed by atoms with Crippen LogP contribution < -0.4 is 5.73 Å². The van der Waals surface area contributed by atoms with E-state index < -0.39 is 0 Å². The molecule has 0 aromatic heterocycles. The smallest absolute Gasteiger partial charge is 0.00388 e. The van der Waals surface area contributed by atoms with Gasteiger partial charge in [-0.2, -0.15) is 0 Å². The van der Waals surface area contributed by atoms with Crippen LogP contribution in [0.2, 0.25) is 0 Å².